The molecule has 168 valence electrons. The van der Waals surface area contributed by atoms with Gasteiger partial charge in [0.15, 0.2) is 0 Å². The molecule has 30 heavy (non-hydrogen) atoms. The van der Waals surface area contributed by atoms with E-state index in [4.69, 9.17) is 0 Å². The number of hydrogen-bond donors (Lipinski definition) is 2. The third-order valence-corrected chi connectivity index (χ3v) is 8.65. The Morgan fingerprint density at radius 2 is 1.87 bits per heavy atom. The molecule has 0 bridgehead atoms. The van der Waals surface area contributed by atoms with E-state index in [0.717, 1.165) is 32.1 Å². The number of aliphatic hydroxyl groups is 2. The summed E-state index contributed by atoms with van der Waals surface area (Å²) in [4.78, 5) is 0. The fraction of sp³-hybridized carbons (Fsp3) is 0.714. The van der Waals surface area contributed by atoms with E-state index in [9.17, 15) is 10.2 Å². The van der Waals surface area contributed by atoms with E-state index in [0.29, 0.717) is 23.7 Å². The second-order valence-corrected chi connectivity index (χ2v) is 11.2. The third-order valence-electron chi connectivity index (χ3n) is 8.65. The van der Waals surface area contributed by atoms with Crippen molar-refractivity contribution < 1.29 is 10.2 Å². The molecule has 2 heteroatoms. The maximum absolute atomic E-state index is 11.5. The van der Waals surface area contributed by atoms with Crippen LogP contribution in [-0.2, 0) is 0 Å². The normalized spacial score (nSPS) is 38.4. The van der Waals surface area contributed by atoms with Crippen molar-refractivity contribution in [2.45, 2.75) is 97.7 Å². The number of rotatable bonds is 5. The molecule has 0 radical (unpaired) electrons. The molecule has 2 N–H and O–H groups in total. The van der Waals surface area contributed by atoms with Crippen LogP contribution < -0.4 is 0 Å². The molecule has 2 nitrogen and oxygen atoms in total. The van der Waals surface area contributed by atoms with Crippen molar-refractivity contribution in [2.75, 3.05) is 0 Å². The molecule has 1 unspecified atom stereocenters. The predicted octanol–water partition coefficient (Wildman–Crippen LogP) is 6.76. The average Bonchev–Trinajstić information content (AvgIpc) is 3.05. The van der Waals surface area contributed by atoms with Gasteiger partial charge in [0.2, 0.25) is 0 Å². The van der Waals surface area contributed by atoms with Gasteiger partial charge < -0.3 is 10.2 Å². The molecule has 0 amide bonds. The lowest BCUT2D eigenvalue weighted by Gasteiger charge is -2.46. The van der Waals surface area contributed by atoms with E-state index >= 15 is 0 Å². The van der Waals surface area contributed by atoms with Gasteiger partial charge in [0.05, 0.1) is 11.7 Å². The van der Waals surface area contributed by atoms with E-state index in [1.165, 1.54) is 30.4 Å². The Hall–Kier alpha value is -1.12. The lowest BCUT2D eigenvalue weighted by atomic mass is 9.60. The Morgan fingerprint density at radius 1 is 1.13 bits per heavy atom. The molecule has 0 aliphatic heterocycles. The van der Waals surface area contributed by atoms with Crippen LogP contribution in [0.2, 0.25) is 0 Å². The van der Waals surface area contributed by atoms with Crippen LogP contribution in [0, 0.1) is 29.1 Å². The topological polar surface area (TPSA) is 40.5 Å². The highest BCUT2D eigenvalue weighted by molar-refractivity contribution is 5.36. The molecule has 0 aromatic heterocycles. The van der Waals surface area contributed by atoms with Gasteiger partial charge in [-0.05, 0) is 93.0 Å². The van der Waals surface area contributed by atoms with E-state index in [1.807, 2.05) is 6.92 Å². The quantitative estimate of drug-likeness (QED) is 0.490. The summed E-state index contributed by atoms with van der Waals surface area (Å²) in [6.07, 6.45) is 17.0. The molecule has 0 aromatic rings. The van der Waals surface area contributed by atoms with Gasteiger partial charge in [-0.25, -0.2) is 0 Å². The largest absolute Gasteiger partial charge is 0.393 e. The van der Waals surface area contributed by atoms with Gasteiger partial charge in [-0.1, -0.05) is 69.7 Å². The second-order valence-electron chi connectivity index (χ2n) is 11.2. The van der Waals surface area contributed by atoms with Crippen molar-refractivity contribution in [2.24, 2.45) is 29.1 Å². The molecule has 0 spiro atoms. The van der Waals surface area contributed by atoms with Crippen LogP contribution in [0.25, 0.3) is 0 Å². The number of aliphatic hydroxyl groups excluding tert-OH is 1. The molecular formula is C28H44O2. The lowest BCUT2D eigenvalue weighted by Crippen LogP contribution is -2.44. The van der Waals surface area contributed by atoms with Crippen LogP contribution in [0.4, 0.5) is 0 Å². The standard InChI is InChI=1S/C28H44O2/c1-19(2)20(3)15-17-28(6,30)26-14-13-25-22(8-7-16-27(25,26)5)10-11-23-18-24(29)12-9-21(23)4/h10-11,15,17,19-20,24-26,29-30H,4,7-9,12-14,16,18H2,1-3,5-6H3/t20-,24-,25?,26-,27-,28-/m0/s1. The first kappa shape index (κ1) is 23.5. The number of hydrogen-bond acceptors (Lipinski definition) is 2. The fourth-order valence-electron chi connectivity index (χ4n) is 6.28. The highest BCUT2D eigenvalue weighted by Gasteiger charge is 2.54. The van der Waals surface area contributed by atoms with Gasteiger partial charge in [0.1, 0.15) is 0 Å². The van der Waals surface area contributed by atoms with E-state index < -0.39 is 5.60 Å². The highest BCUT2D eigenvalue weighted by Crippen LogP contribution is 2.60. The van der Waals surface area contributed by atoms with Crippen molar-refractivity contribution in [1.29, 1.82) is 0 Å². The van der Waals surface area contributed by atoms with Crippen molar-refractivity contribution in [3.63, 3.8) is 0 Å². The van der Waals surface area contributed by atoms with E-state index in [1.54, 1.807) is 5.57 Å². The molecule has 6 atom stereocenters. The Balaban J connectivity index is 1.80. The third kappa shape index (κ3) is 4.86. The first-order chi connectivity index (χ1) is 14.0. The minimum atomic E-state index is -0.755. The van der Waals surface area contributed by atoms with Crippen molar-refractivity contribution in [1.82, 2.24) is 0 Å². The summed E-state index contributed by atoms with van der Waals surface area (Å²) in [6.45, 7) is 15.4. The summed E-state index contributed by atoms with van der Waals surface area (Å²) in [7, 11) is 0. The van der Waals surface area contributed by atoms with Crippen LogP contribution in [0.15, 0.2) is 47.6 Å². The smallest absolute Gasteiger partial charge is 0.0833 e. The van der Waals surface area contributed by atoms with Gasteiger partial charge >= 0.3 is 0 Å². The van der Waals surface area contributed by atoms with Gasteiger partial charge in [-0.3, -0.25) is 0 Å². The zero-order valence-electron chi connectivity index (χ0n) is 20.0. The lowest BCUT2D eigenvalue weighted by molar-refractivity contribution is -0.0241. The van der Waals surface area contributed by atoms with Crippen LogP contribution in [0.1, 0.15) is 86.0 Å². The van der Waals surface area contributed by atoms with E-state index in [-0.39, 0.29) is 11.5 Å². The molecule has 3 aliphatic carbocycles. The molecular weight excluding hydrogens is 368 g/mol. The predicted molar refractivity (Wildman–Crippen MR) is 127 cm³/mol. The van der Waals surface area contributed by atoms with Crippen molar-refractivity contribution in [3.05, 3.63) is 47.6 Å². The molecule has 0 saturated heterocycles. The zero-order chi connectivity index (χ0) is 22.1. The Morgan fingerprint density at radius 3 is 2.57 bits per heavy atom. The zero-order valence-corrected chi connectivity index (χ0v) is 20.0. The maximum Gasteiger partial charge on any atom is 0.0833 e. The Kier molecular flexibility index (Phi) is 7.19. The minimum Gasteiger partial charge on any atom is -0.393 e. The SMILES string of the molecule is C=C1CC[C@H](O)CC1=CC=C1CCC[C@@]2(C)C1CC[C@@H]2[C@@](C)(O)C=C[C@H](C)C(C)C. The Bertz CT molecular complexity index is 723. The maximum atomic E-state index is 11.5. The van der Waals surface area contributed by atoms with Gasteiger partial charge in [0, 0.05) is 0 Å². The molecule has 0 heterocycles. The number of fused-ring (bicyclic) bond motifs is 1. The molecule has 3 aliphatic rings. The van der Waals surface area contributed by atoms with E-state index in [2.05, 4.69) is 58.6 Å². The average molecular weight is 413 g/mol. The Labute approximate surface area is 184 Å². The summed E-state index contributed by atoms with van der Waals surface area (Å²) in [5, 5.41) is 21.5. The summed E-state index contributed by atoms with van der Waals surface area (Å²) >= 11 is 0. The fourth-order valence-corrected chi connectivity index (χ4v) is 6.28. The van der Waals surface area contributed by atoms with Crippen LogP contribution in [0.5, 0.6) is 0 Å². The molecule has 3 fully saturated rings. The first-order valence-electron chi connectivity index (χ1n) is 12.2. The van der Waals surface area contributed by atoms with Crippen molar-refractivity contribution >= 4 is 0 Å². The first-order valence-corrected chi connectivity index (χ1v) is 12.2. The molecule has 3 saturated carbocycles. The summed E-state index contributed by atoms with van der Waals surface area (Å²) in [6, 6.07) is 0. The van der Waals surface area contributed by atoms with Gasteiger partial charge in [-0.2, -0.15) is 0 Å². The molecule has 3 rings (SSSR count). The number of allylic oxidation sites excluding steroid dienone is 5. The van der Waals surface area contributed by atoms with Gasteiger partial charge in [0.25, 0.3) is 0 Å². The minimum absolute atomic E-state index is 0.153. The van der Waals surface area contributed by atoms with Crippen LogP contribution in [-0.4, -0.2) is 21.9 Å². The van der Waals surface area contributed by atoms with Crippen molar-refractivity contribution in [3.8, 4) is 0 Å². The monoisotopic (exact) mass is 412 g/mol. The second kappa shape index (κ2) is 9.17. The van der Waals surface area contributed by atoms with Crippen LogP contribution in [0.3, 0.4) is 0 Å². The summed E-state index contributed by atoms with van der Waals surface area (Å²) < 4.78 is 0. The van der Waals surface area contributed by atoms with Crippen LogP contribution >= 0.6 is 0 Å². The van der Waals surface area contributed by atoms with Gasteiger partial charge in [-0.15, -0.1) is 0 Å². The molecule has 0 aromatic carbocycles. The highest BCUT2D eigenvalue weighted by atomic mass is 16.3. The summed E-state index contributed by atoms with van der Waals surface area (Å²) in [5.74, 6) is 1.92. The summed E-state index contributed by atoms with van der Waals surface area (Å²) in [5.41, 5.74) is 3.35.